The van der Waals surface area contributed by atoms with Gasteiger partial charge in [-0.15, -0.1) is 0 Å². The molecular formula is C27H33N5O3. The Labute approximate surface area is 206 Å². The van der Waals surface area contributed by atoms with E-state index in [2.05, 4.69) is 21.9 Å². The highest BCUT2D eigenvalue weighted by molar-refractivity contribution is 5.81. The number of fused-ring (bicyclic) bond motifs is 1. The van der Waals surface area contributed by atoms with Gasteiger partial charge in [-0.3, -0.25) is 4.79 Å². The summed E-state index contributed by atoms with van der Waals surface area (Å²) < 4.78 is 11.1. The number of piperidine rings is 1. The number of para-hydroxylation sites is 2. The molecule has 184 valence electrons. The highest BCUT2D eigenvalue weighted by Crippen LogP contribution is 2.31. The number of nitrogens with zero attached hydrogens (tertiary/aromatic N) is 5. The maximum atomic E-state index is 13.5. The van der Waals surface area contributed by atoms with Crippen molar-refractivity contribution in [2.75, 3.05) is 62.8 Å². The molecule has 2 aliphatic heterocycles. The molecule has 0 N–H and O–H groups in total. The van der Waals surface area contributed by atoms with Crippen molar-refractivity contribution in [1.82, 2.24) is 14.9 Å². The molecule has 2 fully saturated rings. The van der Waals surface area contributed by atoms with Crippen LogP contribution in [0.15, 0.2) is 48.5 Å². The predicted octanol–water partition coefficient (Wildman–Crippen LogP) is 3.60. The zero-order valence-corrected chi connectivity index (χ0v) is 20.5. The SMILES string of the molecule is CCOc1nc2ccccc2nc1N1CCC[C@@H](C(=O)N2CCN(c3ccc(OC)cc3)CC2)C1. The number of carbonyl (C=O) groups is 1. The molecule has 8 heteroatoms. The summed E-state index contributed by atoms with van der Waals surface area (Å²) >= 11 is 0. The van der Waals surface area contributed by atoms with Crippen LogP contribution in [-0.4, -0.2) is 73.8 Å². The highest BCUT2D eigenvalue weighted by atomic mass is 16.5. The molecule has 0 aliphatic carbocycles. The summed E-state index contributed by atoms with van der Waals surface area (Å²) in [5.74, 6) is 2.35. The predicted molar refractivity (Wildman–Crippen MR) is 137 cm³/mol. The van der Waals surface area contributed by atoms with Crippen molar-refractivity contribution in [3.63, 3.8) is 0 Å². The third-order valence-electron chi connectivity index (χ3n) is 6.90. The van der Waals surface area contributed by atoms with Crippen LogP contribution in [-0.2, 0) is 4.79 Å². The molecule has 0 spiro atoms. The Morgan fingerprint density at radius 2 is 1.66 bits per heavy atom. The van der Waals surface area contributed by atoms with Crippen LogP contribution in [0.5, 0.6) is 11.6 Å². The van der Waals surface area contributed by atoms with E-state index in [1.54, 1.807) is 7.11 Å². The van der Waals surface area contributed by atoms with Crippen molar-refractivity contribution in [1.29, 1.82) is 0 Å². The Kier molecular flexibility index (Phi) is 6.88. The Morgan fingerprint density at radius 1 is 0.943 bits per heavy atom. The van der Waals surface area contributed by atoms with Crippen molar-refractivity contribution < 1.29 is 14.3 Å². The minimum absolute atomic E-state index is 0.0426. The smallest absolute Gasteiger partial charge is 0.258 e. The molecule has 1 amide bonds. The van der Waals surface area contributed by atoms with Gasteiger partial charge in [-0.05, 0) is 56.2 Å². The van der Waals surface area contributed by atoms with Crippen molar-refractivity contribution in [2.24, 2.45) is 5.92 Å². The second kappa shape index (κ2) is 10.4. The van der Waals surface area contributed by atoms with Crippen LogP contribution in [0.4, 0.5) is 11.5 Å². The van der Waals surface area contributed by atoms with Gasteiger partial charge in [0, 0.05) is 45.0 Å². The van der Waals surface area contributed by atoms with Gasteiger partial charge in [-0.2, -0.15) is 0 Å². The molecule has 0 radical (unpaired) electrons. The minimum Gasteiger partial charge on any atom is -0.497 e. The van der Waals surface area contributed by atoms with E-state index in [-0.39, 0.29) is 11.8 Å². The maximum Gasteiger partial charge on any atom is 0.258 e. The van der Waals surface area contributed by atoms with Gasteiger partial charge in [0.1, 0.15) is 5.75 Å². The number of piperazine rings is 1. The number of rotatable bonds is 6. The molecule has 3 heterocycles. The fraction of sp³-hybridized carbons (Fsp3) is 0.444. The summed E-state index contributed by atoms with van der Waals surface area (Å²) in [6.45, 7) is 7.11. The maximum absolute atomic E-state index is 13.5. The van der Waals surface area contributed by atoms with Crippen LogP contribution in [0.3, 0.4) is 0 Å². The van der Waals surface area contributed by atoms with E-state index in [1.807, 2.05) is 48.2 Å². The van der Waals surface area contributed by atoms with Crippen LogP contribution in [0.1, 0.15) is 19.8 Å². The third-order valence-corrected chi connectivity index (χ3v) is 6.90. The quantitative estimate of drug-likeness (QED) is 0.539. The summed E-state index contributed by atoms with van der Waals surface area (Å²) in [5.41, 5.74) is 2.83. The van der Waals surface area contributed by atoms with Crippen LogP contribution in [0, 0.1) is 5.92 Å². The summed E-state index contributed by atoms with van der Waals surface area (Å²) in [6.07, 6.45) is 1.85. The van der Waals surface area contributed by atoms with Gasteiger partial charge in [-0.1, -0.05) is 12.1 Å². The molecule has 35 heavy (non-hydrogen) atoms. The van der Waals surface area contributed by atoms with Crippen LogP contribution < -0.4 is 19.3 Å². The summed E-state index contributed by atoms with van der Waals surface area (Å²) in [7, 11) is 1.68. The number of hydrogen-bond acceptors (Lipinski definition) is 7. The van der Waals surface area contributed by atoms with Gasteiger partial charge in [0.25, 0.3) is 5.88 Å². The Morgan fingerprint density at radius 3 is 2.34 bits per heavy atom. The number of benzene rings is 2. The molecular weight excluding hydrogens is 442 g/mol. The lowest BCUT2D eigenvalue weighted by molar-refractivity contribution is -0.136. The highest BCUT2D eigenvalue weighted by Gasteiger charge is 2.33. The second-order valence-corrected chi connectivity index (χ2v) is 9.07. The first-order valence-corrected chi connectivity index (χ1v) is 12.5. The molecule has 0 saturated carbocycles. The van der Waals surface area contributed by atoms with Crippen molar-refractivity contribution in [2.45, 2.75) is 19.8 Å². The number of amides is 1. The standard InChI is InChI=1S/C27H33N5O3/c1-3-35-26-25(28-23-8-4-5-9-24(23)29-26)32-14-6-7-20(19-32)27(33)31-17-15-30(16-18-31)21-10-12-22(34-2)13-11-21/h4-5,8-13,20H,3,6-7,14-19H2,1-2H3/t20-/m1/s1. The number of aromatic nitrogens is 2. The van der Waals surface area contributed by atoms with E-state index < -0.39 is 0 Å². The van der Waals surface area contributed by atoms with E-state index in [4.69, 9.17) is 19.4 Å². The first kappa shape index (κ1) is 23.2. The number of methoxy groups -OCH3 is 1. The van der Waals surface area contributed by atoms with Gasteiger partial charge in [0.15, 0.2) is 5.82 Å². The molecule has 8 nitrogen and oxygen atoms in total. The zero-order valence-electron chi connectivity index (χ0n) is 20.5. The van der Waals surface area contributed by atoms with Crippen LogP contribution >= 0.6 is 0 Å². The third kappa shape index (κ3) is 4.97. The number of carbonyl (C=O) groups excluding carboxylic acids is 1. The van der Waals surface area contributed by atoms with Gasteiger partial charge in [-0.25, -0.2) is 9.97 Å². The van der Waals surface area contributed by atoms with Crippen molar-refractivity contribution >= 4 is 28.4 Å². The summed E-state index contributed by atoms with van der Waals surface area (Å²) in [5, 5.41) is 0. The number of ether oxygens (including phenoxy) is 2. The van der Waals surface area contributed by atoms with Crippen molar-refractivity contribution in [3.05, 3.63) is 48.5 Å². The topological polar surface area (TPSA) is 71.0 Å². The first-order chi connectivity index (χ1) is 17.2. The van der Waals surface area contributed by atoms with E-state index in [9.17, 15) is 4.79 Å². The number of hydrogen-bond donors (Lipinski definition) is 0. The average Bonchev–Trinajstić information content (AvgIpc) is 2.92. The molecule has 2 aliphatic rings. The van der Waals surface area contributed by atoms with E-state index in [0.717, 1.165) is 68.2 Å². The Bertz CT molecular complexity index is 1160. The molecule has 2 aromatic carbocycles. The minimum atomic E-state index is -0.0426. The molecule has 5 rings (SSSR count). The van der Waals surface area contributed by atoms with Gasteiger partial charge in [0.2, 0.25) is 5.91 Å². The average molecular weight is 476 g/mol. The molecule has 2 saturated heterocycles. The molecule has 0 unspecified atom stereocenters. The van der Waals surface area contributed by atoms with E-state index in [0.29, 0.717) is 19.0 Å². The Hall–Kier alpha value is -3.55. The Balaban J connectivity index is 1.25. The van der Waals surface area contributed by atoms with E-state index >= 15 is 0 Å². The largest absolute Gasteiger partial charge is 0.497 e. The van der Waals surface area contributed by atoms with E-state index in [1.165, 1.54) is 5.69 Å². The normalized spacial score (nSPS) is 18.6. The summed E-state index contributed by atoms with van der Waals surface area (Å²) in [4.78, 5) is 29.6. The molecule has 1 atom stereocenters. The van der Waals surface area contributed by atoms with Gasteiger partial charge < -0.3 is 24.2 Å². The molecule has 3 aromatic rings. The molecule has 1 aromatic heterocycles. The van der Waals surface area contributed by atoms with Crippen molar-refractivity contribution in [3.8, 4) is 11.6 Å². The molecule has 0 bridgehead atoms. The van der Waals surface area contributed by atoms with Crippen LogP contribution in [0.2, 0.25) is 0 Å². The fourth-order valence-corrected chi connectivity index (χ4v) is 5.02. The lowest BCUT2D eigenvalue weighted by Crippen LogP contribution is -2.52. The van der Waals surface area contributed by atoms with Crippen LogP contribution in [0.25, 0.3) is 11.0 Å². The summed E-state index contributed by atoms with van der Waals surface area (Å²) in [6, 6.07) is 16.0. The lowest BCUT2D eigenvalue weighted by Gasteiger charge is -2.40. The van der Waals surface area contributed by atoms with Gasteiger partial charge >= 0.3 is 0 Å². The monoisotopic (exact) mass is 475 g/mol. The fourth-order valence-electron chi connectivity index (χ4n) is 5.02. The zero-order chi connectivity index (χ0) is 24.2. The first-order valence-electron chi connectivity index (χ1n) is 12.5. The number of anilines is 2. The van der Waals surface area contributed by atoms with Gasteiger partial charge in [0.05, 0.1) is 30.7 Å². The lowest BCUT2D eigenvalue weighted by atomic mass is 9.96. The second-order valence-electron chi connectivity index (χ2n) is 9.07.